The van der Waals surface area contributed by atoms with Crippen LogP contribution in [0.4, 0.5) is 0 Å². The Morgan fingerprint density at radius 2 is 1.90 bits per heavy atom. The number of amides is 1. The highest BCUT2D eigenvalue weighted by Crippen LogP contribution is 2.17. The third kappa shape index (κ3) is 4.77. The van der Waals surface area contributed by atoms with Gasteiger partial charge in [-0.3, -0.25) is 4.79 Å². The molecule has 1 amide bonds. The molecule has 1 unspecified atom stereocenters. The molecule has 5 nitrogen and oxygen atoms in total. The van der Waals surface area contributed by atoms with E-state index in [4.69, 9.17) is 5.73 Å². The van der Waals surface area contributed by atoms with Crippen molar-refractivity contribution >= 4 is 30.0 Å². The lowest BCUT2D eigenvalue weighted by atomic mass is 9.99. The fourth-order valence-electron chi connectivity index (χ4n) is 1.80. The number of nitrogens with one attached hydrogen (secondary N) is 1. The number of halogens is 1. The van der Waals surface area contributed by atoms with E-state index in [0.717, 1.165) is 17.3 Å². The number of hydrogen-bond acceptors (Lipinski definition) is 5. The third-order valence-electron chi connectivity index (χ3n) is 3.11. The number of carbonyl (C=O) groups is 1. The summed E-state index contributed by atoms with van der Waals surface area (Å²) in [5.41, 5.74) is 8.69. The van der Waals surface area contributed by atoms with Gasteiger partial charge in [-0.05, 0) is 17.0 Å². The van der Waals surface area contributed by atoms with Gasteiger partial charge in [0.25, 0.3) is 5.91 Å². The van der Waals surface area contributed by atoms with Crippen LogP contribution < -0.4 is 11.1 Å². The highest BCUT2D eigenvalue weighted by atomic mass is 35.5. The van der Waals surface area contributed by atoms with Crippen LogP contribution in [-0.2, 0) is 0 Å². The van der Waals surface area contributed by atoms with Gasteiger partial charge in [0.15, 0.2) is 5.69 Å². The molecule has 0 fully saturated rings. The van der Waals surface area contributed by atoms with Gasteiger partial charge in [0.05, 0.1) is 17.9 Å². The van der Waals surface area contributed by atoms with Gasteiger partial charge >= 0.3 is 0 Å². The topological polar surface area (TPSA) is 80.9 Å². The molecule has 0 aliphatic carbocycles. The number of aromatic nitrogens is 2. The lowest BCUT2D eigenvalue weighted by Crippen LogP contribution is -2.32. The van der Waals surface area contributed by atoms with Crippen LogP contribution in [0, 0.1) is 0 Å². The van der Waals surface area contributed by atoms with E-state index in [1.54, 1.807) is 0 Å². The molecule has 1 atom stereocenters. The molecule has 1 heterocycles. The van der Waals surface area contributed by atoms with E-state index in [0.29, 0.717) is 18.2 Å². The Balaban J connectivity index is 0.00000220. The molecule has 2 aromatic rings. The van der Waals surface area contributed by atoms with Gasteiger partial charge in [-0.1, -0.05) is 38.1 Å². The van der Waals surface area contributed by atoms with Crippen LogP contribution in [-0.4, -0.2) is 21.2 Å². The van der Waals surface area contributed by atoms with E-state index in [2.05, 4.69) is 40.0 Å². The van der Waals surface area contributed by atoms with Crippen LogP contribution in [0.15, 0.2) is 30.5 Å². The molecule has 0 bridgehead atoms. The van der Waals surface area contributed by atoms with Crippen LogP contribution in [0.3, 0.4) is 0 Å². The number of rotatable bonds is 5. The van der Waals surface area contributed by atoms with E-state index in [1.807, 2.05) is 12.1 Å². The molecular formula is C14H19ClN4OS. The van der Waals surface area contributed by atoms with Gasteiger partial charge in [0.1, 0.15) is 0 Å². The van der Waals surface area contributed by atoms with E-state index in [9.17, 15) is 4.79 Å². The standard InChI is InChI=1S/C14H18N4OS.ClH/c1-9(2)10-3-5-11(6-4-10)12(15)7-16-14(19)13-8-17-20-18-13;/h3-6,8-9,12H,7,15H2,1-2H3,(H,16,19);1H. The summed E-state index contributed by atoms with van der Waals surface area (Å²) in [4.78, 5) is 11.7. The monoisotopic (exact) mass is 326 g/mol. The molecule has 114 valence electrons. The Bertz CT molecular complexity index is 557. The molecule has 0 spiro atoms. The second kappa shape index (κ2) is 8.07. The van der Waals surface area contributed by atoms with Gasteiger partial charge in [-0.2, -0.15) is 8.75 Å². The first-order valence-corrected chi connectivity index (χ1v) is 7.22. The molecule has 0 saturated carbocycles. The molecule has 3 N–H and O–H groups in total. The lowest BCUT2D eigenvalue weighted by molar-refractivity contribution is 0.0947. The highest BCUT2D eigenvalue weighted by molar-refractivity contribution is 6.99. The Morgan fingerprint density at radius 3 is 2.43 bits per heavy atom. The van der Waals surface area contributed by atoms with Gasteiger partial charge < -0.3 is 11.1 Å². The van der Waals surface area contributed by atoms with Crippen molar-refractivity contribution in [2.45, 2.75) is 25.8 Å². The first-order valence-electron chi connectivity index (χ1n) is 6.49. The molecule has 0 radical (unpaired) electrons. The molecule has 0 saturated heterocycles. The number of nitrogens with zero attached hydrogens (tertiary/aromatic N) is 2. The Morgan fingerprint density at radius 1 is 1.29 bits per heavy atom. The zero-order valence-corrected chi connectivity index (χ0v) is 13.6. The zero-order valence-electron chi connectivity index (χ0n) is 11.9. The number of hydrogen-bond donors (Lipinski definition) is 2. The average molecular weight is 327 g/mol. The minimum Gasteiger partial charge on any atom is -0.349 e. The van der Waals surface area contributed by atoms with Crippen molar-refractivity contribution in [3.05, 3.63) is 47.3 Å². The number of benzene rings is 1. The molecular weight excluding hydrogens is 308 g/mol. The minimum absolute atomic E-state index is 0. The largest absolute Gasteiger partial charge is 0.349 e. The second-order valence-electron chi connectivity index (χ2n) is 4.93. The average Bonchev–Trinajstić information content (AvgIpc) is 2.98. The Hall–Kier alpha value is -1.50. The van der Waals surface area contributed by atoms with E-state index >= 15 is 0 Å². The summed E-state index contributed by atoms with van der Waals surface area (Å²) in [6, 6.07) is 7.94. The summed E-state index contributed by atoms with van der Waals surface area (Å²) < 4.78 is 7.67. The van der Waals surface area contributed by atoms with E-state index in [1.165, 1.54) is 11.8 Å². The van der Waals surface area contributed by atoms with Gasteiger partial charge in [0.2, 0.25) is 0 Å². The van der Waals surface area contributed by atoms with Crippen molar-refractivity contribution in [2.24, 2.45) is 5.73 Å². The number of carbonyl (C=O) groups excluding carboxylic acids is 1. The quantitative estimate of drug-likeness (QED) is 0.884. The fraction of sp³-hybridized carbons (Fsp3) is 0.357. The first-order chi connectivity index (χ1) is 9.58. The van der Waals surface area contributed by atoms with Gasteiger partial charge in [-0.25, -0.2) is 0 Å². The first kappa shape index (κ1) is 17.6. The summed E-state index contributed by atoms with van der Waals surface area (Å²) >= 11 is 1.01. The number of nitrogens with two attached hydrogens (primary N) is 1. The van der Waals surface area contributed by atoms with Crippen molar-refractivity contribution in [1.82, 2.24) is 14.1 Å². The summed E-state index contributed by atoms with van der Waals surface area (Å²) in [6.07, 6.45) is 1.45. The van der Waals surface area contributed by atoms with Crippen LogP contribution >= 0.6 is 24.1 Å². The van der Waals surface area contributed by atoms with Crippen LogP contribution in [0.5, 0.6) is 0 Å². The van der Waals surface area contributed by atoms with Crippen molar-refractivity contribution in [2.75, 3.05) is 6.54 Å². The maximum Gasteiger partial charge on any atom is 0.272 e. The summed E-state index contributed by atoms with van der Waals surface area (Å²) in [7, 11) is 0. The summed E-state index contributed by atoms with van der Waals surface area (Å²) in [5, 5.41) is 2.76. The molecule has 2 rings (SSSR count). The summed E-state index contributed by atoms with van der Waals surface area (Å²) in [5.74, 6) is 0.255. The predicted octanol–water partition coefficient (Wildman–Crippen LogP) is 2.51. The highest BCUT2D eigenvalue weighted by Gasteiger charge is 2.12. The second-order valence-corrected chi connectivity index (χ2v) is 5.49. The van der Waals surface area contributed by atoms with Crippen LogP contribution in [0.2, 0.25) is 0 Å². The molecule has 0 aliphatic heterocycles. The van der Waals surface area contributed by atoms with E-state index < -0.39 is 0 Å². The third-order valence-corrected chi connectivity index (χ3v) is 3.59. The molecule has 1 aromatic heterocycles. The molecule has 7 heteroatoms. The summed E-state index contributed by atoms with van der Waals surface area (Å²) in [6.45, 7) is 4.67. The maximum absolute atomic E-state index is 11.7. The van der Waals surface area contributed by atoms with Gasteiger partial charge in [-0.15, -0.1) is 12.4 Å². The fourth-order valence-corrected chi connectivity index (χ4v) is 2.22. The Labute approximate surface area is 134 Å². The molecule has 0 aliphatic rings. The van der Waals surface area contributed by atoms with Crippen molar-refractivity contribution < 1.29 is 4.79 Å². The van der Waals surface area contributed by atoms with Crippen LogP contribution in [0.25, 0.3) is 0 Å². The SMILES string of the molecule is CC(C)c1ccc(C(N)CNC(=O)c2cnsn2)cc1.Cl. The van der Waals surface area contributed by atoms with Crippen molar-refractivity contribution in [3.8, 4) is 0 Å². The van der Waals surface area contributed by atoms with Crippen LogP contribution in [0.1, 0.15) is 47.4 Å². The van der Waals surface area contributed by atoms with Crippen molar-refractivity contribution in [3.63, 3.8) is 0 Å². The smallest absolute Gasteiger partial charge is 0.272 e. The zero-order chi connectivity index (χ0) is 14.5. The minimum atomic E-state index is -0.243. The lowest BCUT2D eigenvalue weighted by Gasteiger charge is -2.14. The van der Waals surface area contributed by atoms with Crippen molar-refractivity contribution in [1.29, 1.82) is 0 Å². The predicted molar refractivity (Wildman–Crippen MR) is 86.9 cm³/mol. The maximum atomic E-state index is 11.7. The van der Waals surface area contributed by atoms with Gasteiger partial charge in [0, 0.05) is 12.6 Å². The normalized spacial score (nSPS) is 11.8. The Kier molecular flexibility index (Phi) is 6.74. The van der Waals surface area contributed by atoms with E-state index in [-0.39, 0.29) is 24.4 Å². The molecule has 21 heavy (non-hydrogen) atoms. The molecule has 1 aromatic carbocycles.